The van der Waals surface area contributed by atoms with E-state index >= 15 is 0 Å². The van der Waals surface area contributed by atoms with Gasteiger partial charge >= 0.3 is 0 Å². The van der Waals surface area contributed by atoms with Crippen molar-refractivity contribution in [3.05, 3.63) is 35.6 Å². The Hall–Kier alpha value is -0.930. The van der Waals surface area contributed by atoms with Gasteiger partial charge in [0.25, 0.3) is 0 Å². The fourth-order valence-corrected chi connectivity index (χ4v) is 3.75. The topological polar surface area (TPSA) is 32.3 Å². The van der Waals surface area contributed by atoms with E-state index in [4.69, 9.17) is 0 Å². The monoisotopic (exact) mass is 293 g/mol. The van der Waals surface area contributed by atoms with Gasteiger partial charge < -0.3 is 10.4 Å². The fourth-order valence-electron chi connectivity index (χ4n) is 3.75. The minimum Gasteiger partial charge on any atom is -0.387 e. The molecule has 0 bridgehead atoms. The van der Waals surface area contributed by atoms with Gasteiger partial charge in [-0.05, 0) is 48.3 Å². The van der Waals surface area contributed by atoms with Crippen LogP contribution in [0.15, 0.2) is 24.3 Å². The first-order valence-corrected chi connectivity index (χ1v) is 8.15. The molecular weight excluding hydrogens is 265 g/mol. The highest BCUT2D eigenvalue weighted by Crippen LogP contribution is 2.42. The molecule has 0 saturated heterocycles. The maximum Gasteiger partial charge on any atom is 0.123 e. The predicted octanol–water partition coefficient (Wildman–Crippen LogP) is 4.06. The molecule has 0 heterocycles. The van der Waals surface area contributed by atoms with Crippen LogP contribution in [0.2, 0.25) is 0 Å². The fraction of sp³-hybridized carbons (Fsp3) is 0.667. The molecule has 118 valence electrons. The number of hydrogen-bond acceptors (Lipinski definition) is 2. The van der Waals surface area contributed by atoms with Crippen molar-refractivity contribution in [2.75, 3.05) is 13.1 Å². The summed E-state index contributed by atoms with van der Waals surface area (Å²) < 4.78 is 13.2. The number of benzene rings is 1. The summed E-state index contributed by atoms with van der Waals surface area (Å²) >= 11 is 0. The lowest BCUT2D eigenvalue weighted by Gasteiger charge is -2.31. The second kappa shape index (κ2) is 7.37. The molecule has 0 spiro atoms. The second-order valence-electron chi connectivity index (χ2n) is 7.01. The van der Waals surface area contributed by atoms with Crippen molar-refractivity contribution in [2.45, 2.75) is 52.1 Å². The van der Waals surface area contributed by atoms with Gasteiger partial charge in [0, 0.05) is 13.1 Å². The van der Waals surface area contributed by atoms with Crippen molar-refractivity contribution >= 4 is 0 Å². The van der Waals surface area contributed by atoms with Gasteiger partial charge in [0.05, 0.1) is 6.10 Å². The molecule has 1 aliphatic carbocycles. The van der Waals surface area contributed by atoms with Gasteiger partial charge in [0.2, 0.25) is 0 Å². The number of halogens is 1. The molecule has 21 heavy (non-hydrogen) atoms. The van der Waals surface area contributed by atoms with E-state index in [2.05, 4.69) is 19.2 Å². The highest BCUT2D eigenvalue weighted by Gasteiger charge is 2.33. The highest BCUT2D eigenvalue weighted by molar-refractivity contribution is 5.18. The molecule has 1 aromatic carbocycles. The molecule has 2 rings (SSSR count). The Bertz CT molecular complexity index is 441. The Morgan fingerprint density at radius 1 is 1.29 bits per heavy atom. The molecule has 0 aromatic heterocycles. The van der Waals surface area contributed by atoms with Crippen LogP contribution in [0.3, 0.4) is 0 Å². The minimum atomic E-state index is -0.641. The molecule has 1 unspecified atom stereocenters. The molecule has 1 aromatic rings. The maximum absolute atomic E-state index is 13.2. The first kappa shape index (κ1) is 16.4. The lowest BCUT2D eigenvalue weighted by Crippen LogP contribution is -2.35. The Morgan fingerprint density at radius 3 is 2.62 bits per heavy atom. The summed E-state index contributed by atoms with van der Waals surface area (Å²) in [5, 5.41) is 13.6. The van der Waals surface area contributed by atoms with Gasteiger partial charge in [-0.15, -0.1) is 0 Å². The molecular formula is C18H28FNO. The van der Waals surface area contributed by atoms with Crippen LogP contribution in [0, 0.1) is 17.2 Å². The number of rotatable bonds is 7. The molecule has 1 aliphatic rings. The average molecular weight is 293 g/mol. The van der Waals surface area contributed by atoms with Gasteiger partial charge in [0.15, 0.2) is 0 Å². The Morgan fingerprint density at radius 2 is 2.00 bits per heavy atom. The zero-order valence-electron chi connectivity index (χ0n) is 13.2. The summed E-state index contributed by atoms with van der Waals surface area (Å²) in [6.07, 6.45) is 5.82. The van der Waals surface area contributed by atoms with Gasteiger partial charge in [-0.2, -0.15) is 0 Å². The lowest BCUT2D eigenvalue weighted by atomic mass is 9.78. The molecule has 0 radical (unpaired) electrons. The van der Waals surface area contributed by atoms with Gasteiger partial charge in [-0.1, -0.05) is 38.8 Å². The van der Waals surface area contributed by atoms with Crippen LogP contribution in [0.4, 0.5) is 4.39 Å². The van der Waals surface area contributed by atoms with Crippen molar-refractivity contribution in [3.63, 3.8) is 0 Å². The zero-order chi connectivity index (χ0) is 15.3. The third kappa shape index (κ3) is 4.79. The molecule has 2 nitrogen and oxygen atoms in total. The first-order chi connectivity index (χ1) is 10.0. The minimum absolute atomic E-state index is 0.293. The van der Waals surface area contributed by atoms with Crippen LogP contribution in [0.5, 0.6) is 0 Å². The molecule has 3 heteroatoms. The summed E-state index contributed by atoms with van der Waals surface area (Å²) in [6.45, 7) is 6.00. The zero-order valence-corrected chi connectivity index (χ0v) is 13.2. The summed E-state index contributed by atoms with van der Waals surface area (Å²) in [4.78, 5) is 0. The Labute approximate surface area is 127 Å². The molecule has 0 amide bonds. The van der Waals surface area contributed by atoms with Crippen LogP contribution in [-0.2, 0) is 0 Å². The normalized spacial score (nSPS) is 19.1. The van der Waals surface area contributed by atoms with E-state index in [1.165, 1.54) is 44.2 Å². The quantitative estimate of drug-likeness (QED) is 0.794. The van der Waals surface area contributed by atoms with Crippen molar-refractivity contribution in [1.29, 1.82) is 0 Å². The smallest absolute Gasteiger partial charge is 0.123 e. The highest BCUT2D eigenvalue weighted by atomic mass is 19.1. The van der Waals surface area contributed by atoms with Gasteiger partial charge in [-0.3, -0.25) is 0 Å². The van der Waals surface area contributed by atoms with E-state index in [1.54, 1.807) is 12.1 Å². The van der Waals surface area contributed by atoms with Gasteiger partial charge in [0.1, 0.15) is 5.82 Å². The van der Waals surface area contributed by atoms with Crippen LogP contribution in [0.1, 0.15) is 57.6 Å². The van der Waals surface area contributed by atoms with E-state index in [9.17, 15) is 9.50 Å². The van der Waals surface area contributed by atoms with Crippen LogP contribution < -0.4 is 5.32 Å². The molecule has 1 fully saturated rings. The Kier molecular flexibility index (Phi) is 5.77. The number of aliphatic hydroxyl groups is 1. The molecule has 2 N–H and O–H groups in total. The maximum atomic E-state index is 13.2. The lowest BCUT2D eigenvalue weighted by molar-refractivity contribution is 0.158. The van der Waals surface area contributed by atoms with Crippen LogP contribution in [-0.4, -0.2) is 18.2 Å². The van der Waals surface area contributed by atoms with Crippen LogP contribution >= 0.6 is 0 Å². The first-order valence-electron chi connectivity index (χ1n) is 8.15. The van der Waals surface area contributed by atoms with E-state index in [1.807, 2.05) is 0 Å². The third-order valence-electron chi connectivity index (χ3n) is 4.58. The van der Waals surface area contributed by atoms with Crippen molar-refractivity contribution in [1.82, 2.24) is 5.32 Å². The van der Waals surface area contributed by atoms with Crippen LogP contribution in [0.25, 0.3) is 0 Å². The second-order valence-corrected chi connectivity index (χ2v) is 7.01. The summed E-state index contributed by atoms with van der Waals surface area (Å²) in [5.74, 6) is 0.414. The van der Waals surface area contributed by atoms with E-state index in [0.717, 1.165) is 6.54 Å². The van der Waals surface area contributed by atoms with Crippen molar-refractivity contribution in [2.24, 2.45) is 11.3 Å². The van der Waals surface area contributed by atoms with E-state index in [0.29, 0.717) is 23.4 Å². The summed E-state index contributed by atoms with van der Waals surface area (Å²) in [5.41, 5.74) is 1.04. The standard InChI is InChI=1S/C18H28FNO/c1-14(2)11-18(8-3-4-9-18)13-20-12-17(21)15-6-5-7-16(19)10-15/h5-7,10,14,17,20-21H,3-4,8-9,11-13H2,1-2H3. The summed E-state index contributed by atoms with van der Waals surface area (Å²) in [6, 6.07) is 6.23. The number of hydrogen-bond donors (Lipinski definition) is 2. The third-order valence-corrected chi connectivity index (χ3v) is 4.58. The van der Waals surface area contributed by atoms with E-state index < -0.39 is 6.10 Å². The largest absolute Gasteiger partial charge is 0.387 e. The van der Waals surface area contributed by atoms with E-state index in [-0.39, 0.29) is 5.82 Å². The molecule has 1 saturated carbocycles. The number of aliphatic hydroxyl groups excluding tert-OH is 1. The van der Waals surface area contributed by atoms with Crippen molar-refractivity contribution in [3.8, 4) is 0 Å². The molecule has 0 aliphatic heterocycles. The molecule has 1 atom stereocenters. The SMILES string of the molecule is CC(C)CC1(CNCC(O)c2cccc(F)c2)CCCC1. The number of nitrogens with one attached hydrogen (secondary N) is 1. The van der Waals surface area contributed by atoms with Gasteiger partial charge in [-0.25, -0.2) is 4.39 Å². The summed E-state index contributed by atoms with van der Waals surface area (Å²) in [7, 11) is 0. The predicted molar refractivity (Wildman–Crippen MR) is 84.6 cm³/mol. The van der Waals surface area contributed by atoms with Crippen molar-refractivity contribution < 1.29 is 9.50 Å². The Balaban J connectivity index is 1.84. The average Bonchev–Trinajstić information content (AvgIpc) is 2.86.